The van der Waals surface area contributed by atoms with Crippen LogP contribution in [-0.4, -0.2) is 45.3 Å². The number of amidine groups is 1. The molecule has 7 nitrogen and oxygen atoms in total. The molecule has 0 saturated carbocycles. The average molecular weight is 413 g/mol. The van der Waals surface area contributed by atoms with Gasteiger partial charge in [0.25, 0.3) is 10.0 Å². The van der Waals surface area contributed by atoms with E-state index in [2.05, 4.69) is 9.71 Å². The Hall–Kier alpha value is -2.71. The first-order valence-electron chi connectivity index (χ1n) is 9.56. The molecular formula is C21H23N3O4S. The minimum atomic E-state index is -3.67. The van der Waals surface area contributed by atoms with Gasteiger partial charge < -0.3 is 15.0 Å². The van der Waals surface area contributed by atoms with Crippen molar-refractivity contribution in [2.45, 2.75) is 24.3 Å². The fourth-order valence-electron chi connectivity index (χ4n) is 3.86. The molecule has 2 aliphatic rings. The van der Waals surface area contributed by atoms with Crippen molar-refractivity contribution in [2.75, 3.05) is 25.5 Å². The van der Waals surface area contributed by atoms with Gasteiger partial charge in [0.05, 0.1) is 12.5 Å². The van der Waals surface area contributed by atoms with Crippen LogP contribution >= 0.6 is 0 Å². The number of benzene rings is 2. The number of carbonyl (C=O) groups excluding carboxylic acids is 1. The molecule has 1 amide bonds. The fourth-order valence-corrected chi connectivity index (χ4v) is 5.09. The summed E-state index contributed by atoms with van der Waals surface area (Å²) < 4.78 is 33.9. The number of anilines is 1. The number of carbonyl (C=O) groups is 1. The topological polar surface area (TPSA) is 88.1 Å². The van der Waals surface area contributed by atoms with Crippen LogP contribution in [0.3, 0.4) is 0 Å². The summed E-state index contributed by atoms with van der Waals surface area (Å²) in [6, 6.07) is 14.4. The van der Waals surface area contributed by atoms with Gasteiger partial charge in [0, 0.05) is 37.0 Å². The first-order chi connectivity index (χ1) is 14.0. The van der Waals surface area contributed by atoms with Crippen molar-refractivity contribution >= 4 is 27.5 Å². The molecule has 29 heavy (non-hydrogen) atoms. The van der Waals surface area contributed by atoms with E-state index in [9.17, 15) is 13.2 Å². The highest BCUT2D eigenvalue weighted by Crippen LogP contribution is 2.30. The summed E-state index contributed by atoms with van der Waals surface area (Å²) in [4.78, 5) is 15.1. The molecule has 2 aromatic carbocycles. The number of amides is 1. The molecular weight excluding hydrogens is 390 g/mol. The first-order valence-corrected chi connectivity index (χ1v) is 11.0. The van der Waals surface area contributed by atoms with Crippen molar-refractivity contribution in [3.05, 3.63) is 59.7 Å². The number of likely N-dealkylation sites (tertiary alicyclic amines) is 1. The Bertz CT molecular complexity index is 1070. The molecule has 0 radical (unpaired) electrons. The molecule has 1 atom stereocenters. The van der Waals surface area contributed by atoms with E-state index in [-0.39, 0.29) is 16.7 Å². The number of nitrogens with zero attached hydrogens (tertiary/aromatic N) is 2. The lowest BCUT2D eigenvalue weighted by atomic mass is 9.96. The van der Waals surface area contributed by atoms with Crippen LogP contribution in [0.25, 0.3) is 0 Å². The Morgan fingerprint density at radius 3 is 2.79 bits per heavy atom. The van der Waals surface area contributed by atoms with Crippen LogP contribution in [0.15, 0.2) is 57.8 Å². The second kappa shape index (κ2) is 7.96. The quantitative estimate of drug-likeness (QED) is 0.833. The van der Waals surface area contributed by atoms with Crippen molar-refractivity contribution in [3.63, 3.8) is 0 Å². The molecule has 1 fully saturated rings. The smallest absolute Gasteiger partial charge is 0.285 e. The second-order valence-corrected chi connectivity index (χ2v) is 8.82. The van der Waals surface area contributed by atoms with E-state index in [1.165, 1.54) is 0 Å². The molecule has 1 N–H and O–H groups in total. The van der Waals surface area contributed by atoms with E-state index in [1.807, 2.05) is 29.2 Å². The molecule has 1 unspecified atom stereocenters. The minimum absolute atomic E-state index is 0.0759. The summed E-state index contributed by atoms with van der Waals surface area (Å²) in [6.45, 7) is 1.52. The van der Waals surface area contributed by atoms with Gasteiger partial charge in [-0.15, -0.1) is 4.40 Å². The molecule has 0 aliphatic carbocycles. The number of ether oxygens (including phenoxy) is 1. The highest BCUT2D eigenvalue weighted by atomic mass is 32.2. The van der Waals surface area contributed by atoms with Gasteiger partial charge in [0.15, 0.2) is 5.84 Å². The molecule has 2 aromatic rings. The number of hydrogen-bond acceptors (Lipinski definition) is 5. The van der Waals surface area contributed by atoms with Gasteiger partial charge in [0.1, 0.15) is 4.90 Å². The number of fused-ring (bicyclic) bond motifs is 1. The van der Waals surface area contributed by atoms with Gasteiger partial charge in [-0.25, -0.2) is 0 Å². The lowest BCUT2D eigenvalue weighted by Crippen LogP contribution is -2.43. The lowest BCUT2D eigenvalue weighted by Gasteiger charge is -2.33. The standard InChI is InChI=1S/C21H23N3O4S/c1-28-14-16-7-2-4-10-18(16)22-21(25)15-8-6-12-24(13-15)20-17-9-3-5-11-19(17)29(26,27)23-20/h2-5,7,9-11,15H,6,8,12-14H2,1H3,(H,22,25). The Labute approximate surface area is 170 Å². The average Bonchev–Trinajstić information content (AvgIpc) is 3.01. The van der Waals surface area contributed by atoms with Crippen LogP contribution < -0.4 is 5.32 Å². The maximum Gasteiger partial charge on any atom is 0.285 e. The van der Waals surface area contributed by atoms with Gasteiger partial charge in [-0.3, -0.25) is 4.79 Å². The zero-order valence-corrected chi connectivity index (χ0v) is 17.0. The summed E-state index contributed by atoms with van der Waals surface area (Å²) in [5.74, 6) is 0.114. The third kappa shape index (κ3) is 3.90. The molecule has 2 aliphatic heterocycles. The summed E-state index contributed by atoms with van der Waals surface area (Å²) >= 11 is 0. The number of sulfonamides is 1. The van der Waals surface area contributed by atoms with Gasteiger partial charge in [-0.2, -0.15) is 8.42 Å². The molecule has 0 bridgehead atoms. The first kappa shape index (κ1) is 19.6. The maximum absolute atomic E-state index is 12.9. The van der Waals surface area contributed by atoms with Crippen molar-refractivity contribution in [1.29, 1.82) is 0 Å². The van der Waals surface area contributed by atoms with Gasteiger partial charge in [-0.1, -0.05) is 30.3 Å². The highest BCUT2D eigenvalue weighted by Gasteiger charge is 2.35. The molecule has 0 aromatic heterocycles. The van der Waals surface area contributed by atoms with Crippen LogP contribution in [0.2, 0.25) is 0 Å². The largest absolute Gasteiger partial charge is 0.380 e. The third-order valence-electron chi connectivity index (χ3n) is 5.28. The molecule has 152 valence electrons. The molecule has 1 saturated heterocycles. The van der Waals surface area contributed by atoms with Crippen molar-refractivity contribution in [2.24, 2.45) is 10.3 Å². The maximum atomic E-state index is 12.9. The predicted molar refractivity (Wildman–Crippen MR) is 110 cm³/mol. The molecule has 2 heterocycles. The number of hydrogen-bond donors (Lipinski definition) is 1. The molecule has 8 heteroatoms. The highest BCUT2D eigenvalue weighted by molar-refractivity contribution is 7.90. The van der Waals surface area contributed by atoms with E-state index in [1.54, 1.807) is 31.4 Å². The fraction of sp³-hybridized carbons (Fsp3) is 0.333. The Morgan fingerprint density at radius 2 is 1.97 bits per heavy atom. The second-order valence-electron chi connectivity index (χ2n) is 7.25. The normalized spacial score (nSPS) is 20.1. The Balaban J connectivity index is 1.52. The summed E-state index contributed by atoms with van der Waals surface area (Å²) in [6.07, 6.45) is 1.54. The van der Waals surface area contributed by atoms with E-state index in [4.69, 9.17) is 4.74 Å². The SMILES string of the molecule is COCc1ccccc1NC(=O)C1CCCN(C2=NS(=O)(=O)c3ccccc32)C1. The van der Waals surface area contributed by atoms with Gasteiger partial charge >= 0.3 is 0 Å². The third-order valence-corrected chi connectivity index (χ3v) is 6.60. The van der Waals surface area contributed by atoms with E-state index in [0.29, 0.717) is 31.1 Å². The lowest BCUT2D eigenvalue weighted by molar-refractivity contribution is -0.121. The zero-order valence-electron chi connectivity index (χ0n) is 16.2. The van der Waals surface area contributed by atoms with E-state index >= 15 is 0 Å². The van der Waals surface area contributed by atoms with Gasteiger partial charge in [0.2, 0.25) is 5.91 Å². The van der Waals surface area contributed by atoms with E-state index < -0.39 is 10.0 Å². The molecule has 4 rings (SSSR count). The van der Waals surface area contributed by atoms with Crippen molar-refractivity contribution < 1.29 is 17.9 Å². The zero-order chi connectivity index (χ0) is 20.4. The van der Waals surface area contributed by atoms with E-state index in [0.717, 1.165) is 24.1 Å². The number of methoxy groups -OCH3 is 1. The van der Waals surface area contributed by atoms with Crippen molar-refractivity contribution in [1.82, 2.24) is 4.90 Å². The van der Waals surface area contributed by atoms with Crippen molar-refractivity contribution in [3.8, 4) is 0 Å². The number of para-hydroxylation sites is 1. The summed E-state index contributed by atoms with van der Waals surface area (Å²) in [7, 11) is -2.05. The Morgan fingerprint density at radius 1 is 1.21 bits per heavy atom. The van der Waals surface area contributed by atoms with Crippen LogP contribution in [0.5, 0.6) is 0 Å². The summed E-state index contributed by atoms with van der Waals surface area (Å²) in [5, 5.41) is 3.01. The van der Waals surface area contributed by atoms with Gasteiger partial charge in [-0.05, 0) is 31.0 Å². The van der Waals surface area contributed by atoms with Crippen LogP contribution in [0, 0.1) is 5.92 Å². The summed E-state index contributed by atoms with van der Waals surface area (Å²) in [5.41, 5.74) is 2.26. The number of nitrogens with one attached hydrogen (secondary N) is 1. The Kier molecular flexibility index (Phi) is 5.38. The van der Waals surface area contributed by atoms with Crippen LogP contribution in [0.1, 0.15) is 24.0 Å². The minimum Gasteiger partial charge on any atom is -0.380 e. The number of rotatable bonds is 4. The van der Waals surface area contributed by atoms with Crippen LogP contribution in [-0.2, 0) is 26.2 Å². The predicted octanol–water partition coefficient (Wildman–Crippen LogP) is 2.63. The monoisotopic (exact) mass is 413 g/mol. The molecule has 0 spiro atoms. The van der Waals surface area contributed by atoms with Crippen LogP contribution in [0.4, 0.5) is 5.69 Å². The number of piperidine rings is 1.